The molecule has 19 heavy (non-hydrogen) atoms. The van der Waals surface area contributed by atoms with Crippen molar-refractivity contribution in [3.05, 3.63) is 28.2 Å². The molecule has 1 spiro atoms. The van der Waals surface area contributed by atoms with Crippen molar-refractivity contribution in [2.45, 2.75) is 43.8 Å². The van der Waals surface area contributed by atoms with Gasteiger partial charge in [0.1, 0.15) is 11.9 Å². The first-order valence-electron chi connectivity index (χ1n) is 6.77. The maximum Gasteiger partial charge on any atom is 0.153 e. The van der Waals surface area contributed by atoms with E-state index < -0.39 is 0 Å². The molecule has 1 aromatic rings. The highest BCUT2D eigenvalue weighted by molar-refractivity contribution is 9.10. The van der Waals surface area contributed by atoms with Crippen LogP contribution in [0, 0.1) is 0 Å². The fraction of sp³-hybridized carbons (Fsp3) is 0.533. The molecule has 3 nitrogen and oxygen atoms in total. The summed E-state index contributed by atoms with van der Waals surface area (Å²) in [6.07, 6.45) is 6.35. The van der Waals surface area contributed by atoms with E-state index in [9.17, 15) is 4.79 Å². The van der Waals surface area contributed by atoms with Crippen molar-refractivity contribution in [3.8, 4) is 5.75 Å². The van der Waals surface area contributed by atoms with Crippen LogP contribution in [0.3, 0.4) is 0 Å². The Balaban J connectivity index is 1.76. The van der Waals surface area contributed by atoms with E-state index in [0.29, 0.717) is 11.3 Å². The van der Waals surface area contributed by atoms with Gasteiger partial charge in [0.25, 0.3) is 0 Å². The molecular formula is C15H17BrO3. The second kappa shape index (κ2) is 5.25. The van der Waals surface area contributed by atoms with E-state index in [0.717, 1.165) is 43.0 Å². The number of halogens is 1. The highest BCUT2D eigenvalue weighted by atomic mass is 79.9. The Morgan fingerprint density at radius 3 is 2.95 bits per heavy atom. The van der Waals surface area contributed by atoms with E-state index in [1.807, 2.05) is 12.1 Å². The normalized spacial score (nSPS) is 24.8. The lowest BCUT2D eigenvalue weighted by Crippen LogP contribution is -2.48. The van der Waals surface area contributed by atoms with Gasteiger partial charge in [-0.2, -0.15) is 0 Å². The van der Waals surface area contributed by atoms with Crippen LogP contribution in [-0.2, 0) is 4.74 Å². The molecule has 1 aromatic carbocycles. The van der Waals surface area contributed by atoms with Gasteiger partial charge in [0.2, 0.25) is 0 Å². The minimum atomic E-state index is 0.0610. The number of para-hydroxylation sites is 1. The van der Waals surface area contributed by atoms with Crippen molar-refractivity contribution in [3.63, 3.8) is 0 Å². The number of hydrogen-bond donors (Lipinski definition) is 0. The van der Waals surface area contributed by atoms with E-state index in [1.165, 1.54) is 6.42 Å². The van der Waals surface area contributed by atoms with Crippen LogP contribution in [0.2, 0.25) is 0 Å². The van der Waals surface area contributed by atoms with Crippen LogP contribution in [0.5, 0.6) is 5.75 Å². The summed E-state index contributed by atoms with van der Waals surface area (Å²) >= 11 is 3.46. The number of ether oxygens (including phenoxy) is 2. The smallest absolute Gasteiger partial charge is 0.153 e. The summed E-state index contributed by atoms with van der Waals surface area (Å²) in [5, 5.41) is 0. The average Bonchev–Trinajstić information content (AvgIpc) is 2.40. The van der Waals surface area contributed by atoms with Gasteiger partial charge in [-0.25, -0.2) is 0 Å². The minimum absolute atomic E-state index is 0.0610. The monoisotopic (exact) mass is 324 g/mol. The van der Waals surface area contributed by atoms with Crippen LogP contribution >= 0.6 is 15.9 Å². The highest BCUT2D eigenvalue weighted by Gasteiger charge is 2.43. The molecule has 1 saturated carbocycles. The molecule has 1 unspecified atom stereocenters. The number of carbonyl (C=O) groups is 1. The Morgan fingerprint density at radius 1 is 1.42 bits per heavy atom. The first-order valence-corrected chi connectivity index (χ1v) is 7.56. The van der Waals surface area contributed by atoms with Crippen molar-refractivity contribution in [1.82, 2.24) is 0 Å². The summed E-state index contributed by atoms with van der Waals surface area (Å²) in [6.45, 7) is 0.755. The Labute approximate surface area is 121 Å². The molecule has 0 amide bonds. The van der Waals surface area contributed by atoms with Crippen LogP contribution in [0.4, 0.5) is 0 Å². The van der Waals surface area contributed by atoms with E-state index in [-0.39, 0.29) is 11.7 Å². The zero-order chi connectivity index (χ0) is 13.3. The van der Waals surface area contributed by atoms with Crippen LogP contribution in [0.25, 0.3) is 0 Å². The second-order valence-electron chi connectivity index (χ2n) is 5.39. The van der Waals surface area contributed by atoms with Gasteiger partial charge in [0, 0.05) is 12.8 Å². The molecule has 0 bridgehead atoms. The largest absolute Gasteiger partial charge is 0.488 e. The third-order valence-electron chi connectivity index (χ3n) is 4.12. The second-order valence-corrected chi connectivity index (χ2v) is 6.25. The molecule has 4 heteroatoms. The third-order valence-corrected chi connectivity index (χ3v) is 4.75. The van der Waals surface area contributed by atoms with Crippen LogP contribution < -0.4 is 4.74 Å². The molecule has 0 aromatic heterocycles. The summed E-state index contributed by atoms with van der Waals surface area (Å²) in [5.74, 6) is 0.666. The molecule has 0 radical (unpaired) electrons. The maximum absolute atomic E-state index is 11.1. The number of benzene rings is 1. The molecule has 0 N–H and O–H groups in total. The highest BCUT2D eigenvalue weighted by Crippen LogP contribution is 2.43. The number of rotatable bonds is 3. The molecule has 1 aliphatic heterocycles. The van der Waals surface area contributed by atoms with E-state index in [1.54, 1.807) is 6.07 Å². The van der Waals surface area contributed by atoms with Gasteiger partial charge in [-0.1, -0.05) is 6.07 Å². The van der Waals surface area contributed by atoms with Crippen molar-refractivity contribution < 1.29 is 14.3 Å². The summed E-state index contributed by atoms with van der Waals surface area (Å²) < 4.78 is 12.8. The first kappa shape index (κ1) is 13.1. The zero-order valence-electron chi connectivity index (χ0n) is 10.7. The molecule has 1 saturated heterocycles. The molecule has 102 valence electrons. The van der Waals surface area contributed by atoms with Gasteiger partial charge in [0.15, 0.2) is 6.29 Å². The number of aldehydes is 1. The molecule has 2 aliphatic rings. The van der Waals surface area contributed by atoms with E-state index >= 15 is 0 Å². The summed E-state index contributed by atoms with van der Waals surface area (Å²) in [5.41, 5.74) is 0.662. The van der Waals surface area contributed by atoms with Crippen molar-refractivity contribution in [2.75, 3.05) is 6.61 Å². The van der Waals surface area contributed by atoms with Crippen LogP contribution in [-0.4, -0.2) is 24.6 Å². The fourth-order valence-corrected chi connectivity index (χ4v) is 3.39. The molecular weight excluding hydrogens is 308 g/mol. The lowest BCUT2D eigenvalue weighted by atomic mass is 9.74. The maximum atomic E-state index is 11.1. The van der Waals surface area contributed by atoms with Crippen LogP contribution in [0.1, 0.15) is 42.5 Å². The lowest BCUT2D eigenvalue weighted by molar-refractivity contribution is -0.153. The van der Waals surface area contributed by atoms with Gasteiger partial charge in [0.05, 0.1) is 22.2 Å². The van der Waals surface area contributed by atoms with Gasteiger partial charge in [-0.15, -0.1) is 0 Å². The lowest BCUT2D eigenvalue weighted by Gasteiger charge is -2.47. The summed E-state index contributed by atoms with van der Waals surface area (Å²) in [7, 11) is 0. The van der Waals surface area contributed by atoms with Gasteiger partial charge in [-0.3, -0.25) is 4.79 Å². The van der Waals surface area contributed by atoms with Gasteiger partial charge >= 0.3 is 0 Å². The van der Waals surface area contributed by atoms with E-state index in [4.69, 9.17) is 9.47 Å². The summed E-state index contributed by atoms with van der Waals surface area (Å²) in [6, 6.07) is 5.53. The number of hydrogen-bond acceptors (Lipinski definition) is 3. The average molecular weight is 325 g/mol. The Kier molecular flexibility index (Phi) is 3.63. The Hall–Kier alpha value is -0.870. The molecule has 1 aliphatic carbocycles. The van der Waals surface area contributed by atoms with Gasteiger partial charge < -0.3 is 9.47 Å². The standard InChI is InChI=1S/C15H17BrO3/c16-13-4-1-3-11(10-17)14(13)19-12-5-8-18-15(9-12)6-2-7-15/h1,3-4,10,12H,2,5-9H2. The fourth-order valence-electron chi connectivity index (χ4n) is 2.91. The molecule has 2 fully saturated rings. The van der Waals surface area contributed by atoms with Crippen molar-refractivity contribution in [2.24, 2.45) is 0 Å². The number of carbonyl (C=O) groups excluding carboxylic acids is 1. The predicted octanol–water partition coefficient (Wildman–Crippen LogP) is 3.74. The summed E-state index contributed by atoms with van der Waals surface area (Å²) in [4.78, 5) is 11.1. The van der Waals surface area contributed by atoms with Gasteiger partial charge in [-0.05, 0) is 47.3 Å². The zero-order valence-corrected chi connectivity index (χ0v) is 12.3. The topological polar surface area (TPSA) is 35.5 Å². The quantitative estimate of drug-likeness (QED) is 0.794. The first-order chi connectivity index (χ1) is 9.22. The molecule has 1 heterocycles. The molecule has 1 atom stereocenters. The van der Waals surface area contributed by atoms with Crippen molar-refractivity contribution >= 4 is 22.2 Å². The van der Waals surface area contributed by atoms with Crippen molar-refractivity contribution in [1.29, 1.82) is 0 Å². The predicted molar refractivity (Wildman–Crippen MR) is 75.7 cm³/mol. The third kappa shape index (κ3) is 2.56. The SMILES string of the molecule is O=Cc1cccc(Br)c1OC1CCOC2(CCC2)C1. The Bertz CT molecular complexity index is 482. The van der Waals surface area contributed by atoms with E-state index in [2.05, 4.69) is 15.9 Å². The minimum Gasteiger partial charge on any atom is -0.488 e. The Morgan fingerprint density at radius 2 is 2.26 bits per heavy atom. The van der Waals surface area contributed by atoms with Crippen LogP contribution in [0.15, 0.2) is 22.7 Å². The molecule has 3 rings (SSSR count).